The number of nitro benzene ring substituents is 1. The minimum atomic E-state index is -0.400. The number of benzene rings is 1. The van der Waals surface area contributed by atoms with E-state index in [2.05, 4.69) is 23.2 Å². The number of nitrogens with zero attached hydrogens (tertiary/aromatic N) is 3. The minimum absolute atomic E-state index is 0.0924. The zero-order valence-electron chi connectivity index (χ0n) is 14.2. The number of rotatable bonds is 5. The maximum atomic E-state index is 10.7. The number of aromatic nitrogens is 2. The molecule has 1 atom stereocenters. The van der Waals surface area contributed by atoms with Gasteiger partial charge in [-0.15, -0.1) is 21.5 Å². The Morgan fingerprint density at radius 2 is 2.15 bits per heavy atom. The minimum Gasteiger partial charge on any atom is -0.410 e. The molecule has 3 aromatic rings. The Morgan fingerprint density at radius 1 is 1.35 bits per heavy atom. The number of fused-ring (bicyclic) bond motifs is 1. The van der Waals surface area contributed by atoms with Gasteiger partial charge in [-0.1, -0.05) is 30.8 Å². The number of aryl methyl sites for hydroxylation is 1. The highest BCUT2D eigenvalue weighted by Crippen LogP contribution is 2.37. The molecule has 2 heterocycles. The molecule has 2 aromatic heterocycles. The van der Waals surface area contributed by atoms with E-state index in [9.17, 15) is 10.1 Å². The zero-order valence-corrected chi connectivity index (χ0v) is 15.8. The summed E-state index contributed by atoms with van der Waals surface area (Å²) in [7, 11) is 0. The van der Waals surface area contributed by atoms with Gasteiger partial charge in [0, 0.05) is 22.8 Å². The summed E-state index contributed by atoms with van der Waals surface area (Å²) in [6.07, 6.45) is 3.51. The van der Waals surface area contributed by atoms with E-state index in [0.717, 1.165) is 29.2 Å². The van der Waals surface area contributed by atoms with Crippen LogP contribution in [-0.2, 0) is 18.6 Å². The third kappa shape index (κ3) is 3.66. The number of hydrogen-bond donors (Lipinski definition) is 0. The lowest BCUT2D eigenvalue weighted by molar-refractivity contribution is -0.384. The molecule has 1 aromatic carbocycles. The molecule has 0 radical (unpaired) electrons. The molecule has 0 saturated heterocycles. The van der Waals surface area contributed by atoms with Crippen LogP contribution in [0.1, 0.15) is 29.3 Å². The molecule has 6 nitrogen and oxygen atoms in total. The fourth-order valence-corrected chi connectivity index (χ4v) is 4.89. The fraction of sp³-hybridized carbons (Fsp3) is 0.333. The molecule has 0 aliphatic heterocycles. The zero-order chi connectivity index (χ0) is 18.1. The van der Waals surface area contributed by atoms with Gasteiger partial charge in [-0.3, -0.25) is 10.1 Å². The van der Waals surface area contributed by atoms with Crippen molar-refractivity contribution in [3.63, 3.8) is 0 Å². The molecule has 4 rings (SSSR count). The lowest BCUT2D eigenvalue weighted by Gasteiger charge is -2.16. The Labute approximate surface area is 158 Å². The van der Waals surface area contributed by atoms with Crippen LogP contribution >= 0.6 is 23.1 Å². The van der Waals surface area contributed by atoms with Gasteiger partial charge in [0.15, 0.2) is 0 Å². The first-order chi connectivity index (χ1) is 12.6. The van der Waals surface area contributed by atoms with Gasteiger partial charge < -0.3 is 4.42 Å². The first kappa shape index (κ1) is 17.2. The number of nitro groups is 1. The van der Waals surface area contributed by atoms with Crippen molar-refractivity contribution in [2.24, 2.45) is 5.92 Å². The molecule has 134 valence electrons. The van der Waals surface area contributed by atoms with E-state index in [1.165, 1.54) is 40.8 Å². The molecular weight excluding hydrogens is 370 g/mol. The summed E-state index contributed by atoms with van der Waals surface area (Å²) >= 11 is 3.19. The first-order valence-electron chi connectivity index (χ1n) is 8.40. The third-order valence-corrected chi connectivity index (χ3v) is 6.57. The number of thiophene rings is 1. The van der Waals surface area contributed by atoms with E-state index in [-0.39, 0.29) is 5.69 Å². The van der Waals surface area contributed by atoms with Crippen LogP contribution in [0.25, 0.3) is 10.8 Å². The second kappa shape index (κ2) is 7.20. The molecule has 0 unspecified atom stereocenters. The monoisotopic (exact) mass is 387 g/mol. The van der Waals surface area contributed by atoms with Gasteiger partial charge in [0.05, 0.1) is 9.80 Å². The Kier molecular flexibility index (Phi) is 4.78. The van der Waals surface area contributed by atoms with Crippen LogP contribution < -0.4 is 0 Å². The van der Waals surface area contributed by atoms with Crippen LogP contribution in [0, 0.1) is 16.0 Å². The molecular formula is C18H17N3O3S2. The molecule has 0 fully saturated rings. The quantitative estimate of drug-likeness (QED) is 0.343. The van der Waals surface area contributed by atoms with Crippen molar-refractivity contribution >= 4 is 28.8 Å². The van der Waals surface area contributed by atoms with E-state index in [4.69, 9.17) is 4.42 Å². The van der Waals surface area contributed by atoms with Crippen molar-refractivity contribution < 1.29 is 9.34 Å². The largest absolute Gasteiger partial charge is 0.410 e. The van der Waals surface area contributed by atoms with Gasteiger partial charge in [0.25, 0.3) is 16.8 Å². The lowest BCUT2D eigenvalue weighted by Crippen LogP contribution is -2.07. The normalized spacial score (nSPS) is 16.4. The van der Waals surface area contributed by atoms with Gasteiger partial charge in [-0.25, -0.2) is 0 Å². The van der Waals surface area contributed by atoms with Gasteiger partial charge in [-0.05, 0) is 42.4 Å². The van der Waals surface area contributed by atoms with Gasteiger partial charge >= 0.3 is 0 Å². The topological polar surface area (TPSA) is 82.1 Å². The van der Waals surface area contributed by atoms with Gasteiger partial charge in [0.2, 0.25) is 0 Å². The summed E-state index contributed by atoms with van der Waals surface area (Å²) in [5.41, 5.74) is 2.48. The third-order valence-electron chi connectivity index (χ3n) is 4.46. The van der Waals surface area contributed by atoms with Crippen molar-refractivity contribution in [2.75, 3.05) is 0 Å². The maximum Gasteiger partial charge on any atom is 0.277 e. The van der Waals surface area contributed by atoms with Crippen molar-refractivity contribution in [1.29, 1.82) is 0 Å². The highest BCUT2D eigenvalue weighted by atomic mass is 32.2. The van der Waals surface area contributed by atoms with Crippen molar-refractivity contribution in [3.8, 4) is 10.8 Å². The van der Waals surface area contributed by atoms with Gasteiger partial charge in [0.1, 0.15) is 0 Å². The molecule has 0 N–H and O–H groups in total. The fourth-order valence-electron chi connectivity index (χ4n) is 3.04. The highest BCUT2D eigenvalue weighted by Gasteiger charge is 2.21. The Morgan fingerprint density at radius 3 is 2.92 bits per heavy atom. The second-order valence-corrected chi connectivity index (χ2v) is 8.56. The average molecular weight is 387 g/mol. The summed E-state index contributed by atoms with van der Waals surface area (Å²) in [6, 6.07) is 8.69. The Balaban J connectivity index is 1.42. The molecule has 1 aliphatic rings. The van der Waals surface area contributed by atoms with Crippen molar-refractivity contribution in [1.82, 2.24) is 10.2 Å². The molecule has 8 heteroatoms. The van der Waals surface area contributed by atoms with Crippen LogP contribution in [0.15, 0.2) is 40.0 Å². The van der Waals surface area contributed by atoms with Crippen LogP contribution in [0.2, 0.25) is 0 Å². The smallest absolute Gasteiger partial charge is 0.277 e. The summed E-state index contributed by atoms with van der Waals surface area (Å²) < 4.78 is 5.80. The van der Waals surface area contributed by atoms with E-state index in [0.29, 0.717) is 16.9 Å². The molecule has 26 heavy (non-hydrogen) atoms. The first-order valence-corrected chi connectivity index (χ1v) is 10.2. The SMILES string of the molecule is C[C@H]1CCc2sc(-c3nnc(SCc4ccc([N+](=O)[O-])cc4)o3)cc2C1. The summed E-state index contributed by atoms with van der Waals surface area (Å²) in [4.78, 5) is 12.8. The molecule has 0 bridgehead atoms. The van der Waals surface area contributed by atoms with Crippen molar-refractivity contribution in [3.05, 3.63) is 56.5 Å². The summed E-state index contributed by atoms with van der Waals surface area (Å²) in [5, 5.41) is 19.5. The predicted molar refractivity (Wildman–Crippen MR) is 101 cm³/mol. The van der Waals surface area contributed by atoms with E-state index in [1.54, 1.807) is 23.5 Å². The maximum absolute atomic E-state index is 10.7. The van der Waals surface area contributed by atoms with Crippen LogP contribution in [0.3, 0.4) is 0 Å². The average Bonchev–Trinajstić information content (AvgIpc) is 3.26. The standard InChI is InChI=1S/C18H17N3O3S2/c1-11-2-7-15-13(8-11)9-16(26-15)17-19-20-18(24-17)25-10-12-3-5-14(6-4-12)21(22)23/h3-6,9,11H,2,7-8,10H2,1H3/t11-/m0/s1. The van der Waals surface area contributed by atoms with Crippen LogP contribution in [0.4, 0.5) is 5.69 Å². The van der Waals surface area contributed by atoms with Gasteiger partial charge in [-0.2, -0.15) is 0 Å². The number of thioether (sulfide) groups is 1. The van der Waals surface area contributed by atoms with E-state index in [1.807, 2.05) is 0 Å². The molecule has 0 spiro atoms. The molecule has 0 amide bonds. The Bertz CT molecular complexity index is 934. The molecule has 1 aliphatic carbocycles. The highest BCUT2D eigenvalue weighted by molar-refractivity contribution is 7.98. The lowest BCUT2D eigenvalue weighted by atomic mass is 9.90. The van der Waals surface area contributed by atoms with Crippen LogP contribution in [0.5, 0.6) is 0 Å². The van der Waals surface area contributed by atoms with E-state index < -0.39 is 4.92 Å². The predicted octanol–water partition coefficient (Wildman–Crippen LogP) is 5.12. The van der Waals surface area contributed by atoms with Crippen LogP contribution in [-0.4, -0.2) is 15.1 Å². The molecule has 0 saturated carbocycles. The summed E-state index contributed by atoms with van der Waals surface area (Å²) in [5.74, 6) is 1.93. The Hall–Kier alpha value is -2.19. The number of non-ortho nitro benzene ring substituents is 1. The van der Waals surface area contributed by atoms with Crippen molar-refractivity contribution in [2.45, 2.75) is 37.2 Å². The second-order valence-electron chi connectivity index (χ2n) is 6.49. The number of hydrogen-bond acceptors (Lipinski definition) is 7. The van der Waals surface area contributed by atoms with E-state index >= 15 is 0 Å². The summed E-state index contributed by atoms with van der Waals surface area (Å²) in [6.45, 7) is 2.29.